The van der Waals surface area contributed by atoms with Crippen LogP contribution in [0.1, 0.15) is 20.3 Å². The topological polar surface area (TPSA) is 63.6 Å². The Labute approximate surface area is 67.3 Å². The Morgan fingerprint density at radius 3 is 2.18 bits per heavy atom. The van der Waals surface area contributed by atoms with E-state index in [0.717, 1.165) is 6.26 Å². The first-order chi connectivity index (χ1) is 4.81. The molecule has 0 aromatic rings. The van der Waals surface area contributed by atoms with E-state index in [9.17, 15) is 8.42 Å². The molecule has 0 amide bonds. The van der Waals surface area contributed by atoms with Crippen LogP contribution in [0.4, 0.5) is 0 Å². The number of hydrogen-bond acceptors (Lipinski definition) is 4. The van der Waals surface area contributed by atoms with Crippen molar-refractivity contribution in [1.82, 2.24) is 0 Å². The van der Waals surface area contributed by atoms with Crippen molar-refractivity contribution in [1.29, 1.82) is 0 Å². The normalized spacial score (nSPS) is 17.8. The van der Waals surface area contributed by atoms with Gasteiger partial charge in [0.15, 0.2) is 0 Å². The van der Waals surface area contributed by atoms with Gasteiger partial charge >= 0.3 is 0 Å². The molecule has 5 heteroatoms. The van der Waals surface area contributed by atoms with Gasteiger partial charge in [0.2, 0.25) is 0 Å². The second-order valence-corrected chi connectivity index (χ2v) is 4.30. The zero-order valence-electron chi connectivity index (χ0n) is 6.94. The fourth-order valence-electron chi connectivity index (χ4n) is 0.818. The monoisotopic (exact) mass is 182 g/mol. The van der Waals surface area contributed by atoms with Crippen LogP contribution in [0, 0.1) is 0 Å². The average Bonchev–Trinajstić information content (AvgIpc) is 1.53. The first-order valence-corrected chi connectivity index (χ1v) is 5.19. The lowest BCUT2D eigenvalue weighted by molar-refractivity contribution is 0.120. The van der Waals surface area contributed by atoms with E-state index in [4.69, 9.17) is 5.11 Å². The molecule has 68 valence electrons. The Bertz CT molecular complexity index is 195. The zero-order chi connectivity index (χ0) is 9.07. The molecule has 2 atom stereocenters. The Balaban J connectivity index is 3.80. The highest BCUT2D eigenvalue weighted by molar-refractivity contribution is 7.86. The van der Waals surface area contributed by atoms with Crippen molar-refractivity contribution in [2.75, 3.05) is 6.26 Å². The predicted molar refractivity (Wildman–Crippen MR) is 41.7 cm³/mol. The highest BCUT2D eigenvalue weighted by Gasteiger charge is 2.11. The highest BCUT2D eigenvalue weighted by atomic mass is 32.2. The van der Waals surface area contributed by atoms with E-state index in [0.29, 0.717) is 6.42 Å². The number of rotatable bonds is 4. The first kappa shape index (κ1) is 10.9. The van der Waals surface area contributed by atoms with Gasteiger partial charge in [0.1, 0.15) is 0 Å². The summed E-state index contributed by atoms with van der Waals surface area (Å²) >= 11 is 0. The minimum atomic E-state index is -3.38. The smallest absolute Gasteiger partial charge is 0.264 e. The second kappa shape index (κ2) is 4.04. The molecule has 0 aliphatic heterocycles. The van der Waals surface area contributed by atoms with Crippen molar-refractivity contribution in [2.24, 2.45) is 0 Å². The minimum absolute atomic E-state index is 0.326. The maximum Gasteiger partial charge on any atom is 0.264 e. The molecule has 0 saturated carbocycles. The third-order valence-electron chi connectivity index (χ3n) is 1.01. The summed E-state index contributed by atoms with van der Waals surface area (Å²) in [7, 11) is -3.38. The van der Waals surface area contributed by atoms with E-state index < -0.39 is 22.3 Å². The van der Waals surface area contributed by atoms with Crippen molar-refractivity contribution in [2.45, 2.75) is 32.5 Å². The summed E-state index contributed by atoms with van der Waals surface area (Å²) in [6, 6.07) is 0. The fraction of sp³-hybridized carbons (Fsp3) is 1.00. The van der Waals surface area contributed by atoms with Gasteiger partial charge in [-0.1, -0.05) is 0 Å². The van der Waals surface area contributed by atoms with Crippen LogP contribution in [-0.4, -0.2) is 32.0 Å². The lowest BCUT2D eigenvalue weighted by atomic mass is 10.2. The van der Waals surface area contributed by atoms with Gasteiger partial charge < -0.3 is 5.11 Å². The maximum absolute atomic E-state index is 10.5. The molecule has 0 saturated heterocycles. The van der Waals surface area contributed by atoms with E-state index >= 15 is 0 Å². The van der Waals surface area contributed by atoms with Crippen LogP contribution in [-0.2, 0) is 14.3 Å². The third kappa shape index (κ3) is 7.77. The average molecular weight is 182 g/mol. The van der Waals surface area contributed by atoms with Crippen LogP contribution < -0.4 is 0 Å². The predicted octanol–water partition coefficient (Wildman–Crippen LogP) is 0.122. The van der Waals surface area contributed by atoms with E-state index in [1.807, 2.05) is 0 Å². The molecule has 0 fully saturated rings. The molecular formula is C6H14O4S. The largest absolute Gasteiger partial charge is 0.393 e. The lowest BCUT2D eigenvalue weighted by Crippen LogP contribution is -2.18. The van der Waals surface area contributed by atoms with Crippen LogP contribution in [0.5, 0.6) is 0 Å². The summed E-state index contributed by atoms with van der Waals surface area (Å²) in [6.07, 6.45) is 0.329. The van der Waals surface area contributed by atoms with Crippen molar-refractivity contribution in [3.8, 4) is 0 Å². The standard InChI is InChI=1S/C6H14O4S/c1-5(7)4-6(2)10-11(3,8)9/h5-7H,4H2,1-3H3. The van der Waals surface area contributed by atoms with Gasteiger partial charge in [0, 0.05) is 6.42 Å². The van der Waals surface area contributed by atoms with Crippen molar-refractivity contribution in [3.63, 3.8) is 0 Å². The summed E-state index contributed by atoms with van der Waals surface area (Å²) in [5, 5.41) is 8.84. The number of aliphatic hydroxyl groups excluding tert-OH is 1. The molecule has 0 heterocycles. The number of aliphatic hydroxyl groups is 1. The van der Waals surface area contributed by atoms with Crippen LogP contribution in [0.2, 0.25) is 0 Å². The van der Waals surface area contributed by atoms with E-state index in [-0.39, 0.29) is 0 Å². The molecule has 0 bridgehead atoms. The molecule has 4 nitrogen and oxygen atoms in total. The molecule has 1 N–H and O–H groups in total. The molecule has 0 aliphatic carbocycles. The van der Waals surface area contributed by atoms with Crippen LogP contribution >= 0.6 is 0 Å². The highest BCUT2D eigenvalue weighted by Crippen LogP contribution is 2.04. The molecule has 11 heavy (non-hydrogen) atoms. The molecule has 0 radical (unpaired) electrons. The lowest BCUT2D eigenvalue weighted by Gasteiger charge is -2.11. The summed E-state index contributed by atoms with van der Waals surface area (Å²) < 4.78 is 25.6. The van der Waals surface area contributed by atoms with Crippen molar-refractivity contribution < 1.29 is 17.7 Å². The number of hydrogen-bond donors (Lipinski definition) is 1. The van der Waals surface area contributed by atoms with Crippen LogP contribution in [0.15, 0.2) is 0 Å². The van der Waals surface area contributed by atoms with Crippen LogP contribution in [0.3, 0.4) is 0 Å². The maximum atomic E-state index is 10.5. The minimum Gasteiger partial charge on any atom is -0.393 e. The second-order valence-electron chi connectivity index (χ2n) is 2.70. The van der Waals surface area contributed by atoms with Crippen molar-refractivity contribution >= 4 is 10.1 Å². The van der Waals surface area contributed by atoms with Gasteiger partial charge in [0.25, 0.3) is 10.1 Å². The summed E-state index contributed by atoms with van der Waals surface area (Å²) in [5.41, 5.74) is 0. The fourth-order valence-corrected chi connectivity index (χ4v) is 1.49. The third-order valence-corrected chi connectivity index (χ3v) is 1.69. The Morgan fingerprint density at radius 1 is 1.45 bits per heavy atom. The van der Waals surface area contributed by atoms with Gasteiger partial charge in [-0.2, -0.15) is 8.42 Å². The molecule has 0 aromatic heterocycles. The molecule has 0 aliphatic rings. The first-order valence-electron chi connectivity index (χ1n) is 3.37. The SMILES string of the molecule is CC(O)CC(C)OS(C)(=O)=O. The van der Waals surface area contributed by atoms with Crippen molar-refractivity contribution in [3.05, 3.63) is 0 Å². The summed E-state index contributed by atoms with van der Waals surface area (Å²) in [4.78, 5) is 0. The van der Waals surface area contributed by atoms with E-state index in [1.54, 1.807) is 13.8 Å². The van der Waals surface area contributed by atoms with Gasteiger partial charge in [0.05, 0.1) is 18.5 Å². The molecule has 2 unspecified atom stereocenters. The van der Waals surface area contributed by atoms with Crippen LogP contribution in [0.25, 0.3) is 0 Å². The quantitative estimate of drug-likeness (QED) is 0.627. The van der Waals surface area contributed by atoms with Gasteiger partial charge in [-0.05, 0) is 13.8 Å². The summed E-state index contributed by atoms with van der Waals surface area (Å²) in [6.45, 7) is 3.19. The van der Waals surface area contributed by atoms with Gasteiger partial charge in [-0.3, -0.25) is 4.18 Å². The van der Waals surface area contributed by atoms with E-state index in [2.05, 4.69) is 4.18 Å². The molecular weight excluding hydrogens is 168 g/mol. The zero-order valence-corrected chi connectivity index (χ0v) is 7.76. The molecule has 0 spiro atoms. The Kier molecular flexibility index (Phi) is 3.99. The summed E-state index contributed by atoms with van der Waals surface area (Å²) in [5.74, 6) is 0. The Morgan fingerprint density at radius 2 is 1.91 bits per heavy atom. The Hall–Kier alpha value is -0.130. The molecule has 0 rings (SSSR count). The van der Waals surface area contributed by atoms with E-state index in [1.165, 1.54) is 0 Å². The van der Waals surface area contributed by atoms with Gasteiger partial charge in [-0.15, -0.1) is 0 Å². The molecule has 0 aromatic carbocycles. The van der Waals surface area contributed by atoms with Gasteiger partial charge in [-0.25, -0.2) is 0 Å².